The highest BCUT2D eigenvalue weighted by Gasteiger charge is 2.28. The number of nitrogens with zero attached hydrogens (tertiary/aromatic N) is 3. The monoisotopic (exact) mass is 347 g/mol. The summed E-state index contributed by atoms with van der Waals surface area (Å²) in [5.41, 5.74) is -0.706. The molecule has 2 aromatic rings. The lowest BCUT2D eigenvalue weighted by Gasteiger charge is -2.30. The normalized spacial score (nSPS) is 15.7. The molecule has 2 aromatic heterocycles. The van der Waals surface area contributed by atoms with Crippen molar-refractivity contribution < 1.29 is 9.32 Å². The van der Waals surface area contributed by atoms with Gasteiger partial charge in [-0.1, -0.05) is 19.0 Å². The molecule has 0 aromatic carbocycles. The van der Waals surface area contributed by atoms with Gasteiger partial charge in [0.05, 0.1) is 6.42 Å². The van der Waals surface area contributed by atoms with Crippen molar-refractivity contribution in [3.8, 4) is 0 Å². The van der Waals surface area contributed by atoms with Crippen LogP contribution in [0.1, 0.15) is 55.8 Å². The molecule has 25 heavy (non-hydrogen) atoms. The Morgan fingerprint density at radius 1 is 1.32 bits per heavy atom. The zero-order valence-corrected chi connectivity index (χ0v) is 14.2. The average molecular weight is 347 g/mol. The first kappa shape index (κ1) is 17.1. The summed E-state index contributed by atoms with van der Waals surface area (Å²) in [5.74, 6) is 1.52. The third kappa shape index (κ3) is 3.86. The molecule has 2 N–H and O–H groups in total. The summed E-state index contributed by atoms with van der Waals surface area (Å²) in [6.07, 6.45) is 1.39. The molecule has 0 unspecified atom stereocenters. The second-order valence-electron chi connectivity index (χ2n) is 6.59. The van der Waals surface area contributed by atoms with E-state index in [1.54, 1.807) is 4.90 Å². The minimum absolute atomic E-state index is 0.0814. The number of hydrogen-bond acceptors (Lipinski definition) is 6. The van der Waals surface area contributed by atoms with E-state index >= 15 is 0 Å². The van der Waals surface area contributed by atoms with E-state index in [-0.39, 0.29) is 29.7 Å². The minimum atomic E-state index is -0.449. The Balaban J connectivity index is 1.59. The number of amides is 1. The molecule has 1 aliphatic rings. The van der Waals surface area contributed by atoms with Crippen molar-refractivity contribution in [2.75, 3.05) is 13.1 Å². The molecule has 3 rings (SSSR count). The van der Waals surface area contributed by atoms with Gasteiger partial charge in [0.25, 0.3) is 11.1 Å². The molecule has 3 heterocycles. The summed E-state index contributed by atoms with van der Waals surface area (Å²) in [6.45, 7) is 5.13. The Morgan fingerprint density at radius 3 is 2.68 bits per heavy atom. The first-order chi connectivity index (χ1) is 11.9. The molecule has 134 valence electrons. The molecule has 0 aliphatic carbocycles. The highest BCUT2D eigenvalue weighted by atomic mass is 16.5. The summed E-state index contributed by atoms with van der Waals surface area (Å²) in [6, 6.07) is 1.16. The van der Waals surface area contributed by atoms with E-state index in [1.807, 2.05) is 13.8 Å². The molecule has 0 atom stereocenters. The fraction of sp³-hybridized carbons (Fsp3) is 0.562. The second-order valence-corrected chi connectivity index (χ2v) is 6.59. The molecule has 1 saturated heterocycles. The fourth-order valence-corrected chi connectivity index (χ4v) is 2.89. The van der Waals surface area contributed by atoms with Crippen LogP contribution in [-0.4, -0.2) is 44.2 Å². The van der Waals surface area contributed by atoms with Crippen LogP contribution in [0.15, 0.2) is 20.2 Å². The third-order valence-electron chi connectivity index (χ3n) is 4.41. The molecule has 0 radical (unpaired) electrons. The number of rotatable bonds is 4. The molecule has 1 amide bonds. The number of hydrogen-bond donors (Lipinski definition) is 2. The van der Waals surface area contributed by atoms with E-state index < -0.39 is 11.1 Å². The first-order valence-corrected chi connectivity index (χ1v) is 8.36. The van der Waals surface area contributed by atoms with Gasteiger partial charge in [-0.2, -0.15) is 4.98 Å². The van der Waals surface area contributed by atoms with Crippen molar-refractivity contribution in [2.45, 2.75) is 44.9 Å². The van der Waals surface area contributed by atoms with Crippen molar-refractivity contribution in [1.29, 1.82) is 0 Å². The van der Waals surface area contributed by atoms with Gasteiger partial charge in [-0.3, -0.25) is 24.6 Å². The molecule has 0 bridgehead atoms. The van der Waals surface area contributed by atoms with Crippen molar-refractivity contribution >= 4 is 5.91 Å². The lowest BCUT2D eigenvalue weighted by molar-refractivity contribution is -0.131. The number of aromatic nitrogens is 4. The molecule has 1 aliphatic heterocycles. The van der Waals surface area contributed by atoms with Crippen molar-refractivity contribution in [3.63, 3.8) is 0 Å². The lowest BCUT2D eigenvalue weighted by Crippen LogP contribution is -2.40. The van der Waals surface area contributed by atoms with E-state index in [0.29, 0.717) is 24.8 Å². The van der Waals surface area contributed by atoms with Gasteiger partial charge in [0.15, 0.2) is 5.82 Å². The summed E-state index contributed by atoms with van der Waals surface area (Å²) >= 11 is 0. The number of piperidine rings is 1. The summed E-state index contributed by atoms with van der Waals surface area (Å²) in [5, 5.41) is 8.39. The Bertz CT molecular complexity index is 858. The molecule has 1 fully saturated rings. The Labute approximate surface area is 143 Å². The van der Waals surface area contributed by atoms with E-state index in [9.17, 15) is 14.4 Å². The Hall–Kier alpha value is -2.71. The number of likely N-dealkylation sites (tertiary alicyclic amines) is 1. The van der Waals surface area contributed by atoms with Crippen molar-refractivity contribution in [2.24, 2.45) is 0 Å². The predicted molar refractivity (Wildman–Crippen MR) is 88.3 cm³/mol. The number of aromatic amines is 2. The van der Waals surface area contributed by atoms with Gasteiger partial charge in [0.1, 0.15) is 0 Å². The summed E-state index contributed by atoms with van der Waals surface area (Å²) in [7, 11) is 0. The highest BCUT2D eigenvalue weighted by Crippen LogP contribution is 2.27. The van der Waals surface area contributed by atoms with Crippen molar-refractivity contribution in [1.82, 2.24) is 25.2 Å². The van der Waals surface area contributed by atoms with Gasteiger partial charge >= 0.3 is 0 Å². The Kier molecular flexibility index (Phi) is 4.82. The first-order valence-electron chi connectivity index (χ1n) is 8.36. The molecular weight excluding hydrogens is 326 g/mol. The maximum atomic E-state index is 12.4. The molecule has 9 heteroatoms. The third-order valence-corrected chi connectivity index (χ3v) is 4.41. The standard InChI is InChI=1S/C16H21N5O4/c1-9(2)14-17-16(25-20-14)10-3-5-21(6-4-10)13(23)8-11-7-12(22)18-19-15(11)24/h7,9-10H,3-6,8H2,1-2H3,(H,18,22)(H,19,24). The van der Waals surface area contributed by atoms with Crippen LogP contribution in [-0.2, 0) is 11.2 Å². The van der Waals surface area contributed by atoms with E-state index in [2.05, 4.69) is 20.3 Å². The number of H-pyrrole nitrogens is 2. The molecule has 0 saturated carbocycles. The molecule has 9 nitrogen and oxygen atoms in total. The molecule has 0 spiro atoms. The van der Waals surface area contributed by atoms with Gasteiger partial charge in [-0.15, -0.1) is 0 Å². The molecular formula is C16H21N5O4. The van der Waals surface area contributed by atoms with E-state index in [0.717, 1.165) is 18.9 Å². The van der Waals surface area contributed by atoms with Crippen LogP contribution < -0.4 is 11.1 Å². The fourth-order valence-electron chi connectivity index (χ4n) is 2.89. The van der Waals surface area contributed by atoms with Gasteiger partial charge < -0.3 is 9.42 Å². The maximum Gasteiger partial charge on any atom is 0.266 e. The Morgan fingerprint density at radius 2 is 2.04 bits per heavy atom. The maximum absolute atomic E-state index is 12.4. The van der Waals surface area contributed by atoms with Gasteiger partial charge in [0, 0.05) is 36.6 Å². The topological polar surface area (TPSA) is 125 Å². The van der Waals surface area contributed by atoms with Crippen LogP contribution in [0.5, 0.6) is 0 Å². The lowest BCUT2D eigenvalue weighted by atomic mass is 9.96. The van der Waals surface area contributed by atoms with Crippen LogP contribution >= 0.6 is 0 Å². The smallest absolute Gasteiger partial charge is 0.266 e. The van der Waals surface area contributed by atoms with Crippen molar-refractivity contribution in [3.05, 3.63) is 44.1 Å². The number of nitrogens with one attached hydrogen (secondary N) is 2. The number of carbonyl (C=O) groups excluding carboxylic acids is 1. The highest BCUT2D eigenvalue weighted by molar-refractivity contribution is 5.78. The summed E-state index contributed by atoms with van der Waals surface area (Å²) < 4.78 is 5.34. The second kappa shape index (κ2) is 7.04. The van der Waals surface area contributed by atoms with Gasteiger partial charge in [-0.25, -0.2) is 0 Å². The number of carbonyl (C=O) groups is 1. The van der Waals surface area contributed by atoms with E-state index in [4.69, 9.17) is 4.52 Å². The van der Waals surface area contributed by atoms with Gasteiger partial charge in [-0.05, 0) is 12.8 Å². The average Bonchev–Trinajstić information content (AvgIpc) is 3.08. The quantitative estimate of drug-likeness (QED) is 0.830. The van der Waals surface area contributed by atoms with Crippen LogP contribution in [0, 0.1) is 0 Å². The van der Waals surface area contributed by atoms with E-state index in [1.165, 1.54) is 0 Å². The van der Waals surface area contributed by atoms with Crippen LogP contribution in [0.4, 0.5) is 0 Å². The zero-order valence-electron chi connectivity index (χ0n) is 14.2. The SMILES string of the molecule is CC(C)c1noc(C2CCN(C(=O)Cc3cc(=O)[nH][nH]c3=O)CC2)n1. The van der Waals surface area contributed by atoms with Crippen LogP contribution in [0.3, 0.4) is 0 Å². The van der Waals surface area contributed by atoms with Gasteiger partial charge in [0.2, 0.25) is 11.8 Å². The minimum Gasteiger partial charge on any atom is -0.342 e. The van der Waals surface area contributed by atoms with Crippen LogP contribution in [0.2, 0.25) is 0 Å². The summed E-state index contributed by atoms with van der Waals surface area (Å²) in [4.78, 5) is 41.4. The largest absolute Gasteiger partial charge is 0.342 e. The van der Waals surface area contributed by atoms with Crippen LogP contribution in [0.25, 0.3) is 0 Å². The predicted octanol–water partition coefficient (Wildman–Crippen LogP) is 0.518. The zero-order chi connectivity index (χ0) is 18.0.